The molecule has 0 unspecified atom stereocenters. The van der Waals surface area contributed by atoms with Crippen LogP contribution in [0.25, 0.3) is 0 Å². The molecule has 0 aromatic carbocycles. The number of nitrogens with two attached hydrogens (primary N) is 1. The molecule has 0 amide bonds. The van der Waals surface area contributed by atoms with Gasteiger partial charge in [0.25, 0.3) is 0 Å². The van der Waals surface area contributed by atoms with Crippen molar-refractivity contribution in [3.05, 3.63) is 0 Å². The predicted octanol–water partition coefficient (Wildman–Crippen LogP) is -0.964. The van der Waals surface area contributed by atoms with E-state index in [9.17, 15) is 0 Å². The van der Waals surface area contributed by atoms with Crippen molar-refractivity contribution in [1.82, 2.24) is 0 Å². The van der Waals surface area contributed by atoms with E-state index < -0.39 is 6.23 Å². The zero-order valence-electron chi connectivity index (χ0n) is 4.17. The van der Waals surface area contributed by atoms with Crippen LogP contribution < -0.4 is 5.73 Å². The normalized spacial score (nSPS) is 14.1. The van der Waals surface area contributed by atoms with Gasteiger partial charge in [-0.2, -0.15) is 0 Å². The second-order valence-electron chi connectivity index (χ2n) is 1.43. The Kier molecular flexibility index (Phi) is 3.98. The van der Waals surface area contributed by atoms with Crippen molar-refractivity contribution < 1.29 is 10.2 Å². The van der Waals surface area contributed by atoms with Crippen molar-refractivity contribution in [2.75, 3.05) is 6.61 Å². The third-order valence-electron chi connectivity index (χ3n) is 0.658. The van der Waals surface area contributed by atoms with E-state index in [1.165, 1.54) is 0 Å². The molecule has 0 saturated heterocycles. The van der Waals surface area contributed by atoms with Gasteiger partial charge >= 0.3 is 0 Å². The minimum atomic E-state index is -0.757. The zero-order chi connectivity index (χ0) is 5.70. The maximum atomic E-state index is 8.35. The first-order valence-electron chi connectivity index (χ1n) is 2.32. The highest BCUT2D eigenvalue weighted by Crippen LogP contribution is 1.86. The van der Waals surface area contributed by atoms with Crippen LogP contribution in [0.3, 0.4) is 0 Å². The van der Waals surface area contributed by atoms with E-state index >= 15 is 0 Å². The molecule has 0 bridgehead atoms. The largest absolute Gasteiger partial charge is 0.396 e. The molecule has 0 fully saturated rings. The van der Waals surface area contributed by atoms with Crippen molar-refractivity contribution in [3.63, 3.8) is 0 Å². The summed E-state index contributed by atoms with van der Waals surface area (Å²) in [5.41, 5.74) is 4.92. The van der Waals surface area contributed by atoms with Gasteiger partial charge in [0.15, 0.2) is 0 Å². The van der Waals surface area contributed by atoms with Gasteiger partial charge in [-0.1, -0.05) is 0 Å². The van der Waals surface area contributed by atoms with Gasteiger partial charge in [-0.25, -0.2) is 0 Å². The highest BCUT2D eigenvalue weighted by atomic mass is 16.3. The van der Waals surface area contributed by atoms with Crippen molar-refractivity contribution >= 4 is 0 Å². The lowest BCUT2D eigenvalue weighted by Crippen LogP contribution is -2.18. The van der Waals surface area contributed by atoms with Gasteiger partial charge < -0.3 is 15.9 Å². The molecular formula is C4H11NO2. The Morgan fingerprint density at radius 3 is 2.29 bits per heavy atom. The van der Waals surface area contributed by atoms with Gasteiger partial charge in [0.05, 0.1) is 0 Å². The number of aliphatic hydroxyl groups is 2. The molecule has 1 atom stereocenters. The summed E-state index contributed by atoms with van der Waals surface area (Å²) in [6, 6.07) is 0. The van der Waals surface area contributed by atoms with Gasteiger partial charge in [-0.15, -0.1) is 0 Å². The van der Waals surface area contributed by atoms with E-state index in [2.05, 4.69) is 0 Å². The van der Waals surface area contributed by atoms with E-state index in [4.69, 9.17) is 15.9 Å². The molecule has 3 heteroatoms. The molecule has 0 heterocycles. The lowest BCUT2D eigenvalue weighted by atomic mass is 10.3. The van der Waals surface area contributed by atoms with Crippen molar-refractivity contribution in [2.45, 2.75) is 19.1 Å². The summed E-state index contributed by atoms with van der Waals surface area (Å²) in [6.45, 7) is 0.105. The molecule has 4 N–H and O–H groups in total. The Morgan fingerprint density at radius 2 is 2.14 bits per heavy atom. The first-order chi connectivity index (χ1) is 3.27. The van der Waals surface area contributed by atoms with Gasteiger partial charge in [-0.3, -0.25) is 0 Å². The average Bonchev–Trinajstić information content (AvgIpc) is 1.61. The van der Waals surface area contributed by atoms with Crippen LogP contribution in [0.15, 0.2) is 0 Å². The number of hydrogen-bond acceptors (Lipinski definition) is 3. The summed E-state index contributed by atoms with van der Waals surface area (Å²) in [4.78, 5) is 0. The Morgan fingerprint density at radius 1 is 1.57 bits per heavy atom. The topological polar surface area (TPSA) is 66.5 Å². The Labute approximate surface area is 42.8 Å². The summed E-state index contributed by atoms with van der Waals surface area (Å²) in [5.74, 6) is 0. The molecule has 0 rings (SSSR count). The van der Waals surface area contributed by atoms with E-state index in [1.807, 2.05) is 0 Å². The number of aliphatic hydroxyl groups excluding tert-OH is 2. The van der Waals surface area contributed by atoms with Crippen LogP contribution >= 0.6 is 0 Å². The van der Waals surface area contributed by atoms with E-state index in [-0.39, 0.29) is 6.61 Å². The molecule has 7 heavy (non-hydrogen) atoms. The lowest BCUT2D eigenvalue weighted by molar-refractivity contribution is 0.156. The Hall–Kier alpha value is -0.120. The summed E-state index contributed by atoms with van der Waals surface area (Å²) >= 11 is 0. The standard InChI is InChI=1S/C4H11NO2/c5-4(7)2-1-3-6/h4,6-7H,1-3,5H2/t4-/m0/s1. The summed E-state index contributed by atoms with van der Waals surface area (Å²) in [6.07, 6.45) is 0.306. The SMILES string of the molecule is N[C@@H](O)CCCO. The van der Waals surface area contributed by atoms with Crippen LogP contribution in [0.4, 0.5) is 0 Å². The fraction of sp³-hybridized carbons (Fsp3) is 1.00. The third kappa shape index (κ3) is 5.88. The van der Waals surface area contributed by atoms with Crippen LogP contribution in [0.2, 0.25) is 0 Å². The van der Waals surface area contributed by atoms with Crippen LogP contribution in [-0.2, 0) is 0 Å². The summed E-state index contributed by atoms with van der Waals surface area (Å²) < 4.78 is 0. The van der Waals surface area contributed by atoms with Crippen molar-refractivity contribution in [1.29, 1.82) is 0 Å². The lowest BCUT2D eigenvalue weighted by Gasteiger charge is -1.98. The predicted molar refractivity (Wildman–Crippen MR) is 26.5 cm³/mol. The van der Waals surface area contributed by atoms with Crippen molar-refractivity contribution in [2.24, 2.45) is 5.73 Å². The second-order valence-corrected chi connectivity index (χ2v) is 1.43. The molecular weight excluding hydrogens is 94.0 g/mol. The third-order valence-corrected chi connectivity index (χ3v) is 0.658. The Balaban J connectivity index is 2.68. The smallest absolute Gasteiger partial charge is 0.102 e. The molecule has 0 radical (unpaired) electrons. The summed E-state index contributed by atoms with van der Waals surface area (Å²) in [5, 5.41) is 16.5. The molecule has 0 aliphatic carbocycles. The molecule has 3 nitrogen and oxygen atoms in total. The molecule has 0 aromatic rings. The first-order valence-corrected chi connectivity index (χ1v) is 2.32. The molecule has 0 saturated carbocycles. The average molecular weight is 105 g/mol. The fourth-order valence-corrected chi connectivity index (χ4v) is 0.300. The van der Waals surface area contributed by atoms with Gasteiger partial charge in [0.1, 0.15) is 6.23 Å². The highest BCUT2D eigenvalue weighted by molar-refractivity contribution is 4.42. The van der Waals surface area contributed by atoms with Gasteiger partial charge in [0.2, 0.25) is 0 Å². The van der Waals surface area contributed by atoms with Crippen LogP contribution in [0.5, 0.6) is 0 Å². The molecule has 0 aliphatic rings. The minimum Gasteiger partial charge on any atom is -0.396 e. The number of hydrogen-bond donors (Lipinski definition) is 3. The minimum absolute atomic E-state index is 0.105. The van der Waals surface area contributed by atoms with Crippen molar-refractivity contribution in [3.8, 4) is 0 Å². The quantitative estimate of drug-likeness (QED) is 0.405. The van der Waals surface area contributed by atoms with Crippen LogP contribution in [0.1, 0.15) is 12.8 Å². The molecule has 0 aliphatic heterocycles. The second kappa shape index (κ2) is 4.05. The van der Waals surface area contributed by atoms with E-state index in [0.29, 0.717) is 12.8 Å². The van der Waals surface area contributed by atoms with Crippen LogP contribution in [-0.4, -0.2) is 23.0 Å². The molecule has 0 spiro atoms. The zero-order valence-corrected chi connectivity index (χ0v) is 4.17. The number of rotatable bonds is 3. The maximum absolute atomic E-state index is 8.35. The molecule has 44 valence electrons. The van der Waals surface area contributed by atoms with Crippen LogP contribution in [0, 0.1) is 0 Å². The van der Waals surface area contributed by atoms with E-state index in [0.717, 1.165) is 0 Å². The molecule has 0 aromatic heterocycles. The van der Waals surface area contributed by atoms with Gasteiger partial charge in [-0.05, 0) is 12.8 Å². The Bertz CT molecular complexity index is 38.7. The highest BCUT2D eigenvalue weighted by Gasteiger charge is 1.91. The van der Waals surface area contributed by atoms with E-state index in [1.54, 1.807) is 0 Å². The van der Waals surface area contributed by atoms with Gasteiger partial charge in [0, 0.05) is 6.61 Å². The first kappa shape index (κ1) is 6.88. The summed E-state index contributed by atoms with van der Waals surface area (Å²) in [7, 11) is 0. The maximum Gasteiger partial charge on any atom is 0.102 e. The fourth-order valence-electron chi connectivity index (χ4n) is 0.300. The monoisotopic (exact) mass is 105 g/mol.